The molecule has 0 radical (unpaired) electrons. The van der Waals surface area contributed by atoms with Crippen molar-refractivity contribution in [2.24, 2.45) is 7.05 Å². The van der Waals surface area contributed by atoms with Crippen molar-refractivity contribution in [1.29, 1.82) is 0 Å². The maximum absolute atomic E-state index is 12.1. The fourth-order valence-corrected chi connectivity index (χ4v) is 2.18. The summed E-state index contributed by atoms with van der Waals surface area (Å²) in [6.45, 7) is 1.70. The van der Waals surface area contributed by atoms with Gasteiger partial charge in [-0.05, 0) is 30.7 Å². The van der Waals surface area contributed by atoms with Gasteiger partial charge in [-0.1, -0.05) is 23.7 Å². The molecule has 0 spiro atoms. The van der Waals surface area contributed by atoms with Gasteiger partial charge in [-0.3, -0.25) is 9.48 Å². The smallest absolute Gasteiger partial charge is 0.358 e. The summed E-state index contributed by atoms with van der Waals surface area (Å²) in [5.41, 5.74) is 1.89. The molecule has 0 fully saturated rings. The standard InChI is InChI=1S/C16H16ClN3O3/c1-10-14(15(16(22)23-3)20(2)19-10)18-13(21)9-6-11-4-7-12(17)8-5-11/h4-9H,1-3H3,(H,18,21)/b9-6+. The molecule has 120 valence electrons. The van der Waals surface area contributed by atoms with Crippen molar-refractivity contribution in [3.63, 3.8) is 0 Å². The summed E-state index contributed by atoms with van der Waals surface area (Å²) in [6.07, 6.45) is 3.02. The molecule has 0 aliphatic carbocycles. The van der Waals surface area contributed by atoms with Crippen LogP contribution in [0.15, 0.2) is 30.3 Å². The van der Waals surface area contributed by atoms with Crippen molar-refractivity contribution in [2.75, 3.05) is 12.4 Å². The minimum Gasteiger partial charge on any atom is -0.464 e. The predicted octanol–water partition coefficient (Wildman–Crippen LogP) is 2.82. The molecule has 23 heavy (non-hydrogen) atoms. The second kappa shape index (κ2) is 7.11. The van der Waals surface area contributed by atoms with E-state index in [4.69, 9.17) is 16.3 Å². The van der Waals surface area contributed by atoms with Crippen LogP contribution in [-0.4, -0.2) is 28.8 Å². The molecule has 0 bridgehead atoms. The molecule has 0 saturated carbocycles. The second-order valence-electron chi connectivity index (χ2n) is 4.80. The van der Waals surface area contributed by atoms with Crippen LogP contribution < -0.4 is 5.32 Å². The van der Waals surface area contributed by atoms with Crippen LogP contribution in [0.3, 0.4) is 0 Å². The molecule has 1 heterocycles. The number of halogens is 1. The van der Waals surface area contributed by atoms with Crippen LogP contribution in [0, 0.1) is 6.92 Å². The van der Waals surface area contributed by atoms with Gasteiger partial charge in [-0.15, -0.1) is 0 Å². The van der Waals surface area contributed by atoms with Gasteiger partial charge in [0.2, 0.25) is 5.91 Å². The first-order valence-corrected chi connectivity index (χ1v) is 7.16. The van der Waals surface area contributed by atoms with Gasteiger partial charge in [0.1, 0.15) is 0 Å². The van der Waals surface area contributed by atoms with Gasteiger partial charge < -0.3 is 10.1 Å². The van der Waals surface area contributed by atoms with Crippen LogP contribution in [-0.2, 0) is 16.6 Å². The average Bonchev–Trinajstić information content (AvgIpc) is 2.80. The molecule has 0 aliphatic rings. The number of aromatic nitrogens is 2. The molecular formula is C16H16ClN3O3. The molecule has 1 amide bonds. The van der Waals surface area contributed by atoms with Gasteiger partial charge in [0.05, 0.1) is 18.5 Å². The zero-order valence-electron chi connectivity index (χ0n) is 13.0. The largest absolute Gasteiger partial charge is 0.464 e. The summed E-state index contributed by atoms with van der Waals surface area (Å²) in [6, 6.07) is 7.06. The zero-order chi connectivity index (χ0) is 17.0. The van der Waals surface area contributed by atoms with E-state index in [0.29, 0.717) is 16.4 Å². The number of nitrogens with zero attached hydrogens (tertiary/aromatic N) is 2. The highest BCUT2D eigenvalue weighted by atomic mass is 35.5. The number of aryl methyl sites for hydroxylation is 2. The highest BCUT2D eigenvalue weighted by molar-refractivity contribution is 6.30. The van der Waals surface area contributed by atoms with Crippen LogP contribution in [0.5, 0.6) is 0 Å². The summed E-state index contributed by atoms with van der Waals surface area (Å²) in [5.74, 6) is -0.939. The first-order valence-electron chi connectivity index (χ1n) is 6.79. The summed E-state index contributed by atoms with van der Waals surface area (Å²) in [5, 5.41) is 7.41. The number of hydrogen-bond acceptors (Lipinski definition) is 4. The average molecular weight is 334 g/mol. The first kappa shape index (κ1) is 16.8. The Hall–Kier alpha value is -2.60. The summed E-state index contributed by atoms with van der Waals surface area (Å²) in [4.78, 5) is 23.9. The van der Waals surface area contributed by atoms with E-state index in [-0.39, 0.29) is 11.6 Å². The van der Waals surface area contributed by atoms with Gasteiger partial charge >= 0.3 is 5.97 Å². The molecule has 1 aromatic heterocycles. The van der Waals surface area contributed by atoms with Crippen LogP contribution in [0.4, 0.5) is 5.69 Å². The van der Waals surface area contributed by atoms with E-state index in [1.807, 2.05) is 0 Å². The Morgan fingerprint density at radius 1 is 1.30 bits per heavy atom. The molecule has 1 aromatic carbocycles. The highest BCUT2D eigenvalue weighted by Crippen LogP contribution is 2.20. The van der Waals surface area contributed by atoms with E-state index in [0.717, 1.165) is 5.56 Å². The lowest BCUT2D eigenvalue weighted by molar-refractivity contribution is -0.111. The minimum absolute atomic E-state index is 0.193. The SMILES string of the molecule is COC(=O)c1c(NC(=O)/C=C/c2ccc(Cl)cc2)c(C)nn1C. The van der Waals surface area contributed by atoms with Crippen molar-refractivity contribution in [3.05, 3.63) is 52.3 Å². The molecule has 2 aromatic rings. The molecule has 0 aliphatic heterocycles. The Bertz CT molecular complexity index is 764. The maximum Gasteiger partial charge on any atom is 0.358 e. The number of carbonyl (C=O) groups is 2. The van der Waals surface area contributed by atoms with Crippen LogP contribution >= 0.6 is 11.6 Å². The van der Waals surface area contributed by atoms with Crippen molar-refractivity contribution < 1.29 is 14.3 Å². The topological polar surface area (TPSA) is 73.2 Å². The fraction of sp³-hybridized carbons (Fsp3) is 0.188. The predicted molar refractivity (Wildman–Crippen MR) is 88.4 cm³/mol. The lowest BCUT2D eigenvalue weighted by atomic mass is 10.2. The van der Waals surface area contributed by atoms with E-state index in [9.17, 15) is 9.59 Å². The quantitative estimate of drug-likeness (QED) is 0.689. The Kier molecular flexibility index (Phi) is 5.18. The van der Waals surface area contributed by atoms with E-state index >= 15 is 0 Å². The Morgan fingerprint density at radius 2 is 1.96 bits per heavy atom. The van der Waals surface area contributed by atoms with E-state index < -0.39 is 5.97 Å². The van der Waals surface area contributed by atoms with Crippen LogP contribution in [0.25, 0.3) is 6.08 Å². The molecule has 7 heteroatoms. The number of anilines is 1. The van der Waals surface area contributed by atoms with Crippen LogP contribution in [0.2, 0.25) is 5.02 Å². The lowest BCUT2D eigenvalue weighted by Crippen LogP contribution is -2.15. The molecule has 2 rings (SSSR count). The van der Waals surface area contributed by atoms with Gasteiger partial charge in [0, 0.05) is 18.1 Å². The summed E-state index contributed by atoms with van der Waals surface area (Å²) >= 11 is 5.81. The number of ether oxygens (including phenoxy) is 1. The Balaban J connectivity index is 2.17. The summed E-state index contributed by atoms with van der Waals surface area (Å²) in [7, 11) is 2.88. The third-order valence-corrected chi connectivity index (χ3v) is 3.40. The van der Waals surface area contributed by atoms with Crippen LogP contribution in [0.1, 0.15) is 21.7 Å². The number of rotatable bonds is 4. The van der Waals surface area contributed by atoms with Gasteiger partial charge in [0.15, 0.2) is 5.69 Å². The minimum atomic E-state index is -0.565. The number of carbonyl (C=O) groups excluding carboxylic acids is 2. The highest BCUT2D eigenvalue weighted by Gasteiger charge is 2.21. The van der Waals surface area contributed by atoms with Gasteiger partial charge in [-0.25, -0.2) is 4.79 Å². The zero-order valence-corrected chi connectivity index (χ0v) is 13.7. The second-order valence-corrected chi connectivity index (χ2v) is 5.23. The van der Waals surface area contributed by atoms with Crippen molar-refractivity contribution in [1.82, 2.24) is 9.78 Å². The molecular weight excluding hydrogens is 318 g/mol. The monoisotopic (exact) mass is 333 g/mol. The number of esters is 1. The maximum atomic E-state index is 12.1. The van der Waals surface area contributed by atoms with E-state index in [1.54, 1.807) is 44.3 Å². The fourth-order valence-electron chi connectivity index (χ4n) is 2.05. The van der Waals surface area contributed by atoms with Crippen molar-refractivity contribution >= 4 is 35.2 Å². The molecule has 0 atom stereocenters. The number of benzene rings is 1. The number of amides is 1. The Labute approximate surface area is 138 Å². The van der Waals surface area contributed by atoms with E-state index in [2.05, 4.69) is 10.4 Å². The Morgan fingerprint density at radius 3 is 2.57 bits per heavy atom. The first-order chi connectivity index (χ1) is 10.9. The molecule has 1 N–H and O–H groups in total. The molecule has 0 saturated heterocycles. The summed E-state index contributed by atoms with van der Waals surface area (Å²) < 4.78 is 6.09. The number of hydrogen-bond donors (Lipinski definition) is 1. The van der Waals surface area contributed by atoms with Crippen molar-refractivity contribution in [2.45, 2.75) is 6.92 Å². The lowest BCUT2D eigenvalue weighted by Gasteiger charge is -2.05. The third kappa shape index (κ3) is 3.98. The number of nitrogens with one attached hydrogen (secondary N) is 1. The number of methoxy groups -OCH3 is 1. The van der Waals surface area contributed by atoms with Crippen molar-refractivity contribution in [3.8, 4) is 0 Å². The van der Waals surface area contributed by atoms with Gasteiger partial charge in [0.25, 0.3) is 0 Å². The molecule has 6 nitrogen and oxygen atoms in total. The molecule has 0 unspecified atom stereocenters. The van der Waals surface area contributed by atoms with Gasteiger partial charge in [-0.2, -0.15) is 5.10 Å². The third-order valence-electron chi connectivity index (χ3n) is 3.15. The van der Waals surface area contributed by atoms with E-state index in [1.165, 1.54) is 17.9 Å². The normalized spacial score (nSPS) is 10.8.